The molecule has 4 rings (SSSR count). The molecule has 0 spiro atoms. The van der Waals surface area contributed by atoms with E-state index in [-0.39, 0.29) is 17.2 Å². The minimum atomic E-state index is -0.102. The molecule has 1 amide bonds. The van der Waals surface area contributed by atoms with Gasteiger partial charge in [0.1, 0.15) is 5.82 Å². The minimum Gasteiger partial charge on any atom is -0.356 e. The van der Waals surface area contributed by atoms with E-state index >= 15 is 0 Å². The van der Waals surface area contributed by atoms with Crippen LogP contribution in [0.25, 0.3) is 11.3 Å². The third-order valence-corrected chi connectivity index (χ3v) is 6.13. The lowest BCUT2D eigenvalue weighted by Crippen LogP contribution is -2.32. The second kappa shape index (κ2) is 7.88. The number of amides is 1. The molecule has 156 valence electrons. The molecule has 2 heterocycles. The van der Waals surface area contributed by atoms with Crippen LogP contribution in [-0.4, -0.2) is 27.6 Å². The van der Waals surface area contributed by atoms with Gasteiger partial charge >= 0.3 is 0 Å². The maximum Gasteiger partial charge on any atom is 0.223 e. The van der Waals surface area contributed by atoms with Crippen molar-refractivity contribution in [1.82, 2.24) is 20.4 Å². The third-order valence-electron chi connectivity index (χ3n) is 6.13. The maximum absolute atomic E-state index is 11.9. The van der Waals surface area contributed by atoms with Crippen molar-refractivity contribution in [2.24, 2.45) is 11.8 Å². The summed E-state index contributed by atoms with van der Waals surface area (Å²) in [5.41, 5.74) is 2.81. The Morgan fingerprint density at radius 3 is 2.48 bits per heavy atom. The predicted molar refractivity (Wildman–Crippen MR) is 111 cm³/mol. The number of nitrogens with zero attached hydrogens (tertiary/aromatic N) is 3. The van der Waals surface area contributed by atoms with Crippen molar-refractivity contribution in [3.8, 4) is 11.3 Å². The molecule has 2 aliphatic carbocycles. The Hall–Kier alpha value is -2.24. The lowest BCUT2D eigenvalue weighted by Gasteiger charge is -2.30. The first-order chi connectivity index (χ1) is 13.8. The summed E-state index contributed by atoms with van der Waals surface area (Å²) >= 11 is 0. The van der Waals surface area contributed by atoms with Gasteiger partial charge in [-0.25, -0.2) is 9.97 Å². The van der Waals surface area contributed by atoms with Gasteiger partial charge in [-0.15, -0.1) is 0 Å². The van der Waals surface area contributed by atoms with E-state index in [9.17, 15) is 4.79 Å². The number of hydrogen-bond acceptors (Lipinski definition) is 5. The zero-order valence-corrected chi connectivity index (χ0v) is 18.0. The zero-order valence-electron chi connectivity index (χ0n) is 18.0. The highest BCUT2D eigenvalue weighted by Gasteiger charge is 2.32. The topological polar surface area (TPSA) is 80.9 Å². The molecule has 0 saturated heterocycles. The highest BCUT2D eigenvalue weighted by atomic mass is 16.5. The molecular formula is C23H32N4O2. The summed E-state index contributed by atoms with van der Waals surface area (Å²) in [6.07, 6.45) is 8.40. The van der Waals surface area contributed by atoms with Gasteiger partial charge in [0, 0.05) is 36.1 Å². The summed E-state index contributed by atoms with van der Waals surface area (Å²) in [5, 5.41) is 7.20. The maximum atomic E-state index is 11.9. The highest BCUT2D eigenvalue weighted by Crippen LogP contribution is 2.39. The fourth-order valence-electron chi connectivity index (χ4n) is 4.12. The van der Waals surface area contributed by atoms with Crippen LogP contribution in [0.15, 0.2) is 16.8 Å². The van der Waals surface area contributed by atoms with Gasteiger partial charge < -0.3 is 9.84 Å². The summed E-state index contributed by atoms with van der Waals surface area (Å²) in [6.45, 7) is 9.17. The largest absolute Gasteiger partial charge is 0.356 e. The van der Waals surface area contributed by atoms with Gasteiger partial charge in [0.25, 0.3) is 0 Å². The van der Waals surface area contributed by atoms with E-state index in [1.54, 1.807) is 0 Å². The molecule has 6 heteroatoms. The fraction of sp³-hybridized carbons (Fsp3) is 0.652. The van der Waals surface area contributed by atoms with Gasteiger partial charge in [-0.2, -0.15) is 0 Å². The van der Waals surface area contributed by atoms with Crippen LogP contribution < -0.4 is 5.32 Å². The Labute approximate surface area is 172 Å². The van der Waals surface area contributed by atoms with E-state index in [0.717, 1.165) is 73.6 Å². The molecule has 1 N–H and O–H groups in total. The van der Waals surface area contributed by atoms with Crippen LogP contribution >= 0.6 is 0 Å². The lowest BCUT2D eigenvalue weighted by atomic mass is 9.79. The zero-order chi connectivity index (χ0) is 20.6. The van der Waals surface area contributed by atoms with Crippen molar-refractivity contribution in [1.29, 1.82) is 0 Å². The quantitative estimate of drug-likeness (QED) is 0.802. The average Bonchev–Trinajstić information content (AvgIpc) is 3.46. The smallest absolute Gasteiger partial charge is 0.223 e. The second-order valence-corrected chi connectivity index (χ2v) is 9.81. The van der Waals surface area contributed by atoms with Crippen LogP contribution in [-0.2, 0) is 10.2 Å². The molecule has 0 aromatic carbocycles. The molecule has 2 saturated carbocycles. The fourth-order valence-corrected chi connectivity index (χ4v) is 4.12. The predicted octanol–water partition coefficient (Wildman–Crippen LogP) is 4.54. The number of rotatable bonds is 5. The first-order valence-electron chi connectivity index (χ1n) is 10.9. The Morgan fingerprint density at radius 2 is 1.90 bits per heavy atom. The molecule has 0 unspecified atom stereocenters. The second-order valence-electron chi connectivity index (χ2n) is 9.81. The van der Waals surface area contributed by atoms with E-state index in [2.05, 4.69) is 36.2 Å². The third kappa shape index (κ3) is 4.68. The number of carbonyl (C=O) groups excluding carboxylic acids is 1. The van der Waals surface area contributed by atoms with E-state index in [0.29, 0.717) is 11.8 Å². The van der Waals surface area contributed by atoms with Crippen LogP contribution in [0, 0.1) is 18.8 Å². The molecule has 29 heavy (non-hydrogen) atoms. The van der Waals surface area contributed by atoms with E-state index in [4.69, 9.17) is 9.51 Å². The molecule has 2 aromatic heterocycles. The van der Waals surface area contributed by atoms with Gasteiger partial charge in [0.2, 0.25) is 5.91 Å². The Morgan fingerprint density at radius 1 is 1.17 bits per heavy atom. The molecule has 0 bridgehead atoms. The summed E-state index contributed by atoms with van der Waals surface area (Å²) < 4.78 is 5.54. The van der Waals surface area contributed by atoms with Crippen molar-refractivity contribution >= 4 is 5.91 Å². The van der Waals surface area contributed by atoms with Gasteiger partial charge in [-0.05, 0) is 51.4 Å². The van der Waals surface area contributed by atoms with Crippen molar-refractivity contribution in [3.05, 3.63) is 29.5 Å². The summed E-state index contributed by atoms with van der Waals surface area (Å²) in [5.74, 6) is 3.10. The van der Waals surface area contributed by atoms with Crippen LogP contribution in [0.4, 0.5) is 0 Å². The molecule has 2 aliphatic rings. The van der Waals surface area contributed by atoms with E-state index in [1.165, 1.54) is 0 Å². The Balaban J connectivity index is 1.49. The number of hydrogen-bond donors (Lipinski definition) is 1. The molecule has 0 radical (unpaired) electrons. The van der Waals surface area contributed by atoms with Crippen molar-refractivity contribution in [3.63, 3.8) is 0 Å². The monoisotopic (exact) mass is 396 g/mol. The molecule has 0 atom stereocenters. The normalized spacial score (nSPS) is 22.5. The van der Waals surface area contributed by atoms with Gasteiger partial charge in [-0.3, -0.25) is 4.79 Å². The van der Waals surface area contributed by atoms with Crippen molar-refractivity contribution in [2.45, 2.75) is 77.6 Å². The van der Waals surface area contributed by atoms with Gasteiger partial charge in [0.15, 0.2) is 5.76 Å². The standard InChI is InChI=1S/C23H32N4O2/c1-14-11-19(29-27-14)18-13-25-22(23(2,3)4)26-20(18)16-7-5-15(6-8-16)12-24-21(28)17-9-10-17/h11,13,15-17H,5-10,12H2,1-4H3,(H,24,28). The first-order valence-corrected chi connectivity index (χ1v) is 10.9. The minimum absolute atomic E-state index is 0.102. The molecule has 2 aromatic rings. The summed E-state index contributed by atoms with van der Waals surface area (Å²) in [6, 6.07) is 1.96. The van der Waals surface area contributed by atoms with Crippen molar-refractivity contribution in [2.75, 3.05) is 6.54 Å². The van der Waals surface area contributed by atoms with Crippen LogP contribution in [0.5, 0.6) is 0 Å². The Kier molecular flexibility index (Phi) is 5.45. The summed E-state index contributed by atoms with van der Waals surface area (Å²) in [7, 11) is 0. The SMILES string of the molecule is Cc1cc(-c2cnc(C(C)(C)C)nc2C2CCC(CNC(=O)C3CC3)CC2)on1. The number of aromatic nitrogens is 3. The van der Waals surface area contributed by atoms with E-state index in [1.807, 2.05) is 19.2 Å². The molecule has 6 nitrogen and oxygen atoms in total. The number of carbonyl (C=O) groups is 1. The van der Waals surface area contributed by atoms with Crippen LogP contribution in [0.3, 0.4) is 0 Å². The Bertz CT molecular complexity index is 871. The first kappa shape index (κ1) is 20.0. The van der Waals surface area contributed by atoms with Crippen molar-refractivity contribution < 1.29 is 9.32 Å². The highest BCUT2D eigenvalue weighted by molar-refractivity contribution is 5.80. The van der Waals surface area contributed by atoms with E-state index < -0.39 is 0 Å². The lowest BCUT2D eigenvalue weighted by molar-refractivity contribution is -0.122. The average molecular weight is 397 g/mol. The number of aryl methyl sites for hydroxylation is 1. The van der Waals surface area contributed by atoms with Gasteiger partial charge in [-0.1, -0.05) is 25.9 Å². The number of nitrogens with one attached hydrogen (secondary N) is 1. The molecule has 0 aliphatic heterocycles. The van der Waals surface area contributed by atoms with Crippen LogP contribution in [0.1, 0.15) is 82.4 Å². The summed E-state index contributed by atoms with van der Waals surface area (Å²) in [4.78, 5) is 21.6. The molecular weight excluding hydrogens is 364 g/mol. The van der Waals surface area contributed by atoms with Crippen LogP contribution in [0.2, 0.25) is 0 Å². The van der Waals surface area contributed by atoms with Gasteiger partial charge in [0.05, 0.1) is 17.0 Å². The molecule has 2 fully saturated rings.